The minimum Gasteiger partial charge on any atom is -0.355 e. The van der Waals surface area contributed by atoms with Crippen molar-refractivity contribution in [3.05, 3.63) is 63.6 Å². The lowest BCUT2D eigenvalue weighted by atomic mass is 9.94. The number of likely N-dealkylation sites (tertiary alicyclic amines) is 1. The molecule has 0 unspecified atom stereocenters. The molecule has 4 rings (SSSR count). The highest BCUT2D eigenvalue weighted by Gasteiger charge is 2.35. The van der Waals surface area contributed by atoms with Crippen molar-refractivity contribution in [2.75, 3.05) is 13.1 Å². The zero-order valence-corrected chi connectivity index (χ0v) is 20.3. The molecule has 2 aromatic rings. The molecule has 0 aliphatic carbocycles. The number of benzene rings is 2. The molecular weight excluding hydrogens is 469 g/mol. The van der Waals surface area contributed by atoms with Crippen LogP contribution in [0.15, 0.2) is 51.8 Å². The molecule has 2 heterocycles. The number of halogens is 2. The number of amidine groups is 1. The van der Waals surface area contributed by atoms with Crippen molar-refractivity contribution >= 4 is 45.0 Å². The average molecular weight is 494 g/mol. The molecule has 9 heteroatoms. The van der Waals surface area contributed by atoms with E-state index >= 15 is 0 Å². The Kier molecular flexibility index (Phi) is 6.52. The van der Waals surface area contributed by atoms with Gasteiger partial charge in [-0.25, -0.2) is 0 Å². The summed E-state index contributed by atoms with van der Waals surface area (Å²) in [6, 6.07) is 12.3. The molecule has 0 spiro atoms. The van der Waals surface area contributed by atoms with Gasteiger partial charge in [0.1, 0.15) is 4.90 Å². The van der Waals surface area contributed by atoms with Gasteiger partial charge in [-0.3, -0.25) is 4.79 Å². The summed E-state index contributed by atoms with van der Waals surface area (Å²) in [5.41, 5.74) is 1.57. The maximum absolute atomic E-state index is 13.3. The van der Waals surface area contributed by atoms with Crippen LogP contribution in [0.3, 0.4) is 0 Å². The highest BCUT2D eigenvalue weighted by molar-refractivity contribution is 7.90. The number of amides is 1. The van der Waals surface area contributed by atoms with Gasteiger partial charge in [0.2, 0.25) is 5.91 Å². The quantitative estimate of drug-likeness (QED) is 0.624. The Labute approximate surface area is 198 Å². The molecule has 2 aliphatic heterocycles. The highest BCUT2D eigenvalue weighted by atomic mass is 35.5. The Hall–Kier alpha value is -2.09. The largest absolute Gasteiger partial charge is 0.355 e. The van der Waals surface area contributed by atoms with Gasteiger partial charge in [0.15, 0.2) is 5.84 Å². The van der Waals surface area contributed by atoms with E-state index in [0.717, 1.165) is 5.56 Å². The van der Waals surface area contributed by atoms with Gasteiger partial charge in [-0.1, -0.05) is 41.4 Å². The van der Waals surface area contributed by atoms with Crippen molar-refractivity contribution in [3.63, 3.8) is 0 Å². The zero-order chi connectivity index (χ0) is 23.0. The van der Waals surface area contributed by atoms with Gasteiger partial charge >= 0.3 is 0 Å². The maximum atomic E-state index is 13.3. The van der Waals surface area contributed by atoms with Crippen LogP contribution in [0.2, 0.25) is 10.0 Å². The van der Waals surface area contributed by atoms with E-state index in [0.29, 0.717) is 53.9 Å². The van der Waals surface area contributed by atoms with Gasteiger partial charge in [0, 0.05) is 37.2 Å². The lowest BCUT2D eigenvalue weighted by Gasteiger charge is -2.36. The van der Waals surface area contributed by atoms with E-state index in [9.17, 15) is 13.2 Å². The number of hydrogen-bond donors (Lipinski definition) is 0. The summed E-state index contributed by atoms with van der Waals surface area (Å²) in [6.07, 6.45) is 1.29. The summed E-state index contributed by atoms with van der Waals surface area (Å²) in [4.78, 5) is 17.4. The normalized spacial score (nSPS) is 17.9. The molecule has 1 amide bonds. The number of hydrogen-bond acceptors (Lipinski definition) is 4. The summed E-state index contributed by atoms with van der Waals surface area (Å²) in [5, 5.41) is 0.963. The molecule has 0 atom stereocenters. The predicted molar refractivity (Wildman–Crippen MR) is 127 cm³/mol. The van der Waals surface area contributed by atoms with E-state index in [2.05, 4.69) is 4.40 Å². The van der Waals surface area contributed by atoms with Crippen molar-refractivity contribution in [2.24, 2.45) is 10.3 Å². The number of piperidine rings is 1. The van der Waals surface area contributed by atoms with E-state index < -0.39 is 10.0 Å². The second kappa shape index (κ2) is 9.04. The number of nitrogens with zero attached hydrogens (tertiary/aromatic N) is 3. The molecule has 0 radical (unpaired) electrons. The topological polar surface area (TPSA) is 70.1 Å². The minimum atomic E-state index is -3.65. The molecule has 2 aromatic carbocycles. The molecular formula is C23H25Cl2N3O3S. The number of rotatable bonds is 4. The summed E-state index contributed by atoms with van der Waals surface area (Å²) < 4.78 is 28.8. The van der Waals surface area contributed by atoms with Crippen LogP contribution in [-0.4, -0.2) is 49.1 Å². The monoisotopic (exact) mass is 493 g/mol. The molecule has 1 saturated heterocycles. The summed E-state index contributed by atoms with van der Waals surface area (Å²) in [5.74, 6) is 0.473. The highest BCUT2D eigenvalue weighted by Crippen LogP contribution is 2.31. The fraction of sp³-hybridized carbons (Fsp3) is 0.391. The summed E-state index contributed by atoms with van der Waals surface area (Å²) in [6.45, 7) is 5.63. The van der Waals surface area contributed by atoms with Gasteiger partial charge < -0.3 is 9.80 Å². The smallest absolute Gasteiger partial charge is 0.285 e. The second-order valence-corrected chi connectivity index (χ2v) is 10.8. The Morgan fingerprint density at radius 3 is 2.47 bits per heavy atom. The Morgan fingerprint density at radius 2 is 1.81 bits per heavy atom. The van der Waals surface area contributed by atoms with Crippen molar-refractivity contribution in [1.29, 1.82) is 0 Å². The zero-order valence-electron chi connectivity index (χ0n) is 18.0. The molecule has 0 saturated carbocycles. The van der Waals surface area contributed by atoms with Crippen LogP contribution in [0.5, 0.6) is 0 Å². The maximum Gasteiger partial charge on any atom is 0.285 e. The Balaban J connectivity index is 1.45. The van der Waals surface area contributed by atoms with Crippen LogP contribution >= 0.6 is 23.2 Å². The van der Waals surface area contributed by atoms with E-state index in [-0.39, 0.29) is 22.8 Å². The first-order valence-electron chi connectivity index (χ1n) is 10.6. The third kappa shape index (κ3) is 4.51. The third-order valence-corrected chi connectivity index (χ3v) is 8.06. The fourth-order valence-corrected chi connectivity index (χ4v) is 5.79. The van der Waals surface area contributed by atoms with Gasteiger partial charge in [-0.15, -0.1) is 4.40 Å². The van der Waals surface area contributed by atoms with Crippen molar-refractivity contribution in [2.45, 2.75) is 44.2 Å². The number of sulfonamides is 1. The van der Waals surface area contributed by atoms with Crippen LogP contribution in [-0.2, 0) is 21.4 Å². The molecule has 2 aliphatic rings. The first-order chi connectivity index (χ1) is 15.2. The number of fused-ring (bicyclic) bond motifs is 1. The van der Waals surface area contributed by atoms with Gasteiger partial charge in [-0.2, -0.15) is 8.42 Å². The summed E-state index contributed by atoms with van der Waals surface area (Å²) >= 11 is 12.2. The average Bonchev–Trinajstić information content (AvgIpc) is 3.05. The molecule has 0 bridgehead atoms. The SMILES string of the molecule is CC(C)N(Cc1ccc(Cl)c(Cl)c1)C(=O)C1CCN(C2=NS(=O)(=O)c3ccccc32)CC1. The Morgan fingerprint density at radius 1 is 1.12 bits per heavy atom. The number of carbonyl (C=O) groups is 1. The Bertz CT molecular complexity index is 1170. The standard InChI is InChI=1S/C23H25Cl2N3O3S/c1-15(2)28(14-16-7-8-19(24)20(25)13-16)23(29)17-9-11-27(12-10-17)22-18-5-3-4-6-21(18)32(30,31)26-22/h3-8,13,15,17H,9-12,14H2,1-2H3. The number of carbonyl (C=O) groups excluding carboxylic acids is 1. The molecule has 170 valence electrons. The third-order valence-electron chi connectivity index (χ3n) is 6.00. The van der Waals surface area contributed by atoms with Gasteiger partial charge in [-0.05, 0) is 56.5 Å². The lowest BCUT2D eigenvalue weighted by molar-refractivity contribution is -0.139. The van der Waals surface area contributed by atoms with Crippen molar-refractivity contribution in [1.82, 2.24) is 9.80 Å². The van der Waals surface area contributed by atoms with Crippen LogP contribution in [0.4, 0.5) is 0 Å². The molecule has 0 aromatic heterocycles. The van der Waals surface area contributed by atoms with Crippen LogP contribution < -0.4 is 0 Å². The molecule has 0 N–H and O–H groups in total. The molecule has 1 fully saturated rings. The van der Waals surface area contributed by atoms with E-state index in [1.165, 1.54) is 0 Å². The molecule has 32 heavy (non-hydrogen) atoms. The van der Waals surface area contributed by atoms with Crippen molar-refractivity contribution < 1.29 is 13.2 Å². The minimum absolute atomic E-state index is 0.0335. The lowest BCUT2D eigenvalue weighted by Crippen LogP contribution is -2.46. The van der Waals surface area contributed by atoms with Crippen LogP contribution in [0.25, 0.3) is 0 Å². The van der Waals surface area contributed by atoms with Gasteiger partial charge in [0.05, 0.1) is 10.0 Å². The first kappa shape index (κ1) is 23.1. The fourth-order valence-electron chi connectivity index (χ4n) is 4.24. The van der Waals surface area contributed by atoms with Gasteiger partial charge in [0.25, 0.3) is 10.0 Å². The van der Waals surface area contributed by atoms with Crippen molar-refractivity contribution in [3.8, 4) is 0 Å². The summed E-state index contributed by atoms with van der Waals surface area (Å²) in [7, 11) is -3.65. The van der Waals surface area contributed by atoms with E-state index in [4.69, 9.17) is 23.2 Å². The second-order valence-electron chi connectivity index (χ2n) is 8.46. The van der Waals surface area contributed by atoms with Crippen LogP contribution in [0, 0.1) is 5.92 Å². The molecule has 6 nitrogen and oxygen atoms in total. The van der Waals surface area contributed by atoms with E-state index in [1.54, 1.807) is 30.3 Å². The predicted octanol–water partition coefficient (Wildman–Crippen LogP) is 4.59. The first-order valence-corrected chi connectivity index (χ1v) is 12.8. The van der Waals surface area contributed by atoms with Crippen LogP contribution in [0.1, 0.15) is 37.8 Å². The van der Waals surface area contributed by atoms with E-state index in [1.807, 2.05) is 35.8 Å².